The lowest BCUT2D eigenvalue weighted by Gasteiger charge is -2.08. The maximum Gasteiger partial charge on any atom is 0.313 e. The van der Waals surface area contributed by atoms with E-state index in [0.717, 1.165) is 12.2 Å². The van der Waals surface area contributed by atoms with Crippen LogP contribution in [0.25, 0.3) is 0 Å². The molecule has 0 atom stereocenters. The second kappa shape index (κ2) is 8.92. The zero-order valence-corrected chi connectivity index (χ0v) is 11.5. The van der Waals surface area contributed by atoms with Gasteiger partial charge in [-0.25, -0.2) is 0 Å². The van der Waals surface area contributed by atoms with Crippen LogP contribution in [-0.4, -0.2) is 36.7 Å². The van der Waals surface area contributed by atoms with E-state index in [4.69, 9.17) is 9.84 Å². The predicted molar refractivity (Wildman–Crippen MR) is 75.6 cm³/mol. The van der Waals surface area contributed by atoms with E-state index in [1.807, 2.05) is 6.92 Å². The number of benzene rings is 1. The molecule has 0 aliphatic heterocycles. The average molecular weight is 280 g/mol. The van der Waals surface area contributed by atoms with Gasteiger partial charge in [-0.15, -0.1) is 0 Å². The fourth-order valence-corrected chi connectivity index (χ4v) is 1.40. The van der Waals surface area contributed by atoms with Crippen LogP contribution >= 0.6 is 0 Å². The molecule has 3 N–H and O–H groups in total. The molecule has 2 amide bonds. The molecule has 0 radical (unpaired) electrons. The molecule has 0 saturated heterocycles. The van der Waals surface area contributed by atoms with Gasteiger partial charge in [-0.3, -0.25) is 9.59 Å². The first-order chi connectivity index (χ1) is 9.67. The van der Waals surface area contributed by atoms with Crippen molar-refractivity contribution in [1.29, 1.82) is 0 Å². The Labute approximate surface area is 118 Å². The topological polar surface area (TPSA) is 87.7 Å². The van der Waals surface area contributed by atoms with Crippen molar-refractivity contribution in [2.45, 2.75) is 19.8 Å². The number of hydrogen-bond acceptors (Lipinski definition) is 4. The Morgan fingerprint density at radius 3 is 2.50 bits per heavy atom. The van der Waals surface area contributed by atoms with E-state index in [0.29, 0.717) is 18.7 Å². The third-order valence-electron chi connectivity index (χ3n) is 2.41. The van der Waals surface area contributed by atoms with Gasteiger partial charge < -0.3 is 20.5 Å². The van der Waals surface area contributed by atoms with Crippen molar-refractivity contribution in [2.24, 2.45) is 0 Å². The molecule has 0 aliphatic rings. The molecule has 6 nitrogen and oxygen atoms in total. The molecular weight excluding hydrogens is 260 g/mol. The van der Waals surface area contributed by atoms with Gasteiger partial charge in [0.1, 0.15) is 5.75 Å². The largest absolute Gasteiger partial charge is 0.494 e. The lowest BCUT2D eigenvalue weighted by molar-refractivity contribution is -0.136. The number of carbonyl (C=O) groups is 2. The Morgan fingerprint density at radius 2 is 1.90 bits per heavy atom. The summed E-state index contributed by atoms with van der Waals surface area (Å²) in [7, 11) is 0. The molecule has 0 spiro atoms. The van der Waals surface area contributed by atoms with Crippen LogP contribution in [-0.2, 0) is 9.59 Å². The van der Waals surface area contributed by atoms with Crippen LogP contribution in [0.15, 0.2) is 24.3 Å². The van der Waals surface area contributed by atoms with E-state index in [-0.39, 0.29) is 13.2 Å². The van der Waals surface area contributed by atoms with Gasteiger partial charge >= 0.3 is 11.8 Å². The number of amides is 2. The van der Waals surface area contributed by atoms with Gasteiger partial charge in [-0.2, -0.15) is 0 Å². The molecule has 110 valence electrons. The number of rotatable bonds is 7. The van der Waals surface area contributed by atoms with Gasteiger partial charge in [0.2, 0.25) is 0 Å². The summed E-state index contributed by atoms with van der Waals surface area (Å²) in [6.45, 7) is 2.90. The van der Waals surface area contributed by atoms with Crippen molar-refractivity contribution in [3.63, 3.8) is 0 Å². The Kier molecular flexibility index (Phi) is 7.13. The summed E-state index contributed by atoms with van der Waals surface area (Å²) in [6.07, 6.45) is 1.34. The minimum Gasteiger partial charge on any atom is -0.494 e. The van der Waals surface area contributed by atoms with Crippen molar-refractivity contribution in [3.8, 4) is 5.75 Å². The summed E-state index contributed by atoms with van der Waals surface area (Å²) < 4.78 is 5.41. The Morgan fingerprint density at radius 1 is 1.20 bits per heavy atom. The normalized spacial score (nSPS) is 9.90. The number of carbonyl (C=O) groups excluding carboxylic acids is 2. The van der Waals surface area contributed by atoms with Crippen LogP contribution in [0.1, 0.15) is 19.8 Å². The third-order valence-corrected chi connectivity index (χ3v) is 2.41. The number of aliphatic hydroxyl groups excluding tert-OH is 1. The van der Waals surface area contributed by atoms with Gasteiger partial charge in [0, 0.05) is 18.8 Å². The van der Waals surface area contributed by atoms with E-state index < -0.39 is 11.8 Å². The van der Waals surface area contributed by atoms with Crippen LogP contribution in [0, 0.1) is 0 Å². The molecule has 0 unspecified atom stereocenters. The maximum absolute atomic E-state index is 11.5. The highest BCUT2D eigenvalue weighted by Gasteiger charge is 2.12. The van der Waals surface area contributed by atoms with Crippen LogP contribution in [0.4, 0.5) is 5.69 Å². The summed E-state index contributed by atoms with van der Waals surface area (Å²) in [4.78, 5) is 22.9. The van der Waals surface area contributed by atoms with Crippen LogP contribution in [0.3, 0.4) is 0 Å². The van der Waals surface area contributed by atoms with Crippen molar-refractivity contribution < 1.29 is 19.4 Å². The van der Waals surface area contributed by atoms with Gasteiger partial charge in [0.05, 0.1) is 6.61 Å². The molecule has 6 heteroatoms. The van der Waals surface area contributed by atoms with Gasteiger partial charge in [-0.05, 0) is 37.1 Å². The molecule has 20 heavy (non-hydrogen) atoms. The molecule has 0 aromatic heterocycles. The average Bonchev–Trinajstić information content (AvgIpc) is 2.46. The molecule has 1 aromatic rings. The van der Waals surface area contributed by atoms with Crippen molar-refractivity contribution in [2.75, 3.05) is 25.1 Å². The number of ether oxygens (including phenoxy) is 1. The first kappa shape index (κ1) is 16.0. The van der Waals surface area contributed by atoms with Gasteiger partial charge in [0.25, 0.3) is 0 Å². The first-order valence-electron chi connectivity index (χ1n) is 6.60. The Bertz CT molecular complexity index is 431. The van der Waals surface area contributed by atoms with Crippen LogP contribution < -0.4 is 15.4 Å². The number of hydrogen-bond donors (Lipinski definition) is 3. The highest BCUT2D eigenvalue weighted by molar-refractivity contribution is 6.39. The fraction of sp³-hybridized carbons (Fsp3) is 0.429. The highest BCUT2D eigenvalue weighted by Crippen LogP contribution is 2.15. The van der Waals surface area contributed by atoms with E-state index in [2.05, 4.69) is 10.6 Å². The zero-order valence-electron chi connectivity index (χ0n) is 11.5. The van der Waals surface area contributed by atoms with Crippen molar-refractivity contribution in [1.82, 2.24) is 5.32 Å². The first-order valence-corrected chi connectivity index (χ1v) is 6.60. The molecule has 0 saturated carbocycles. The molecule has 0 bridgehead atoms. The molecule has 0 heterocycles. The molecule has 0 aliphatic carbocycles. The van der Waals surface area contributed by atoms with E-state index in [1.54, 1.807) is 24.3 Å². The Balaban J connectivity index is 2.43. The van der Waals surface area contributed by atoms with Gasteiger partial charge in [0.15, 0.2) is 0 Å². The number of anilines is 1. The number of nitrogens with one attached hydrogen (secondary N) is 2. The SMILES string of the molecule is CCCOc1ccc(NC(=O)C(=O)NCCCO)cc1. The van der Waals surface area contributed by atoms with Crippen LogP contribution in [0.5, 0.6) is 5.75 Å². The molecule has 0 fully saturated rings. The van der Waals surface area contributed by atoms with Crippen molar-refractivity contribution >= 4 is 17.5 Å². The monoisotopic (exact) mass is 280 g/mol. The standard InChI is InChI=1S/C14H20N2O4/c1-2-10-20-12-6-4-11(5-7-12)16-14(19)13(18)15-8-3-9-17/h4-7,17H,2-3,8-10H2,1H3,(H,15,18)(H,16,19). The molecule has 1 rings (SSSR count). The third kappa shape index (κ3) is 5.71. The lowest BCUT2D eigenvalue weighted by atomic mass is 10.3. The highest BCUT2D eigenvalue weighted by atomic mass is 16.5. The van der Waals surface area contributed by atoms with Crippen molar-refractivity contribution in [3.05, 3.63) is 24.3 Å². The smallest absolute Gasteiger partial charge is 0.313 e. The maximum atomic E-state index is 11.5. The predicted octanol–water partition coefficient (Wildman–Crippen LogP) is 0.912. The summed E-state index contributed by atoms with van der Waals surface area (Å²) in [5.74, 6) is -0.729. The summed E-state index contributed by atoms with van der Waals surface area (Å²) >= 11 is 0. The van der Waals surface area contributed by atoms with E-state index in [9.17, 15) is 9.59 Å². The molecular formula is C14H20N2O4. The summed E-state index contributed by atoms with van der Waals surface area (Å²) in [5.41, 5.74) is 0.524. The minimum atomic E-state index is -0.731. The van der Waals surface area contributed by atoms with E-state index in [1.165, 1.54) is 0 Å². The fourth-order valence-electron chi connectivity index (χ4n) is 1.40. The number of aliphatic hydroxyl groups is 1. The van der Waals surface area contributed by atoms with Gasteiger partial charge in [-0.1, -0.05) is 6.92 Å². The van der Waals surface area contributed by atoms with Crippen LogP contribution in [0.2, 0.25) is 0 Å². The Hall–Kier alpha value is -2.08. The summed E-state index contributed by atoms with van der Waals surface area (Å²) in [6, 6.07) is 6.80. The second-order valence-electron chi connectivity index (χ2n) is 4.16. The van der Waals surface area contributed by atoms with E-state index >= 15 is 0 Å². The second-order valence-corrected chi connectivity index (χ2v) is 4.16. The quantitative estimate of drug-likeness (QED) is 0.512. The summed E-state index contributed by atoms with van der Waals surface area (Å²) in [5, 5.41) is 13.5. The molecule has 1 aromatic carbocycles. The lowest BCUT2D eigenvalue weighted by Crippen LogP contribution is -2.36. The minimum absolute atomic E-state index is 0.0267. The zero-order chi connectivity index (χ0) is 14.8.